The van der Waals surface area contributed by atoms with Crippen molar-refractivity contribution in [3.63, 3.8) is 0 Å². The van der Waals surface area contributed by atoms with Gasteiger partial charge in [0.15, 0.2) is 0 Å². The van der Waals surface area contributed by atoms with Gasteiger partial charge in [0.2, 0.25) is 0 Å². The van der Waals surface area contributed by atoms with Gasteiger partial charge in [-0.2, -0.15) is 0 Å². The van der Waals surface area contributed by atoms with Gasteiger partial charge >= 0.3 is 0 Å². The molecule has 0 N–H and O–H groups in total. The van der Waals surface area contributed by atoms with Gasteiger partial charge < -0.3 is 0 Å². The van der Waals surface area contributed by atoms with Gasteiger partial charge in [-0.25, -0.2) is 0 Å². The van der Waals surface area contributed by atoms with Crippen molar-refractivity contribution in [2.75, 3.05) is 0 Å². The third-order valence-corrected chi connectivity index (χ3v) is 13.8. The van der Waals surface area contributed by atoms with Gasteiger partial charge in [0.1, 0.15) is 16.0 Å². The van der Waals surface area contributed by atoms with Crippen LogP contribution in [-0.4, -0.2) is 0 Å². The maximum atomic E-state index is 7.16. The summed E-state index contributed by atoms with van der Waals surface area (Å²) in [5.74, 6) is -0.407. The van der Waals surface area contributed by atoms with E-state index >= 15 is 0 Å². The summed E-state index contributed by atoms with van der Waals surface area (Å²) >= 11 is 108. The first-order valence-corrected chi connectivity index (χ1v) is 22.9. The standard InChI is InChI=1S/C44H17Cl16/c45-21-9-29(53)39(30(54)10-21)43(40-31(55)11-22(46)12-32(40)56)37-25(49)5-19(6-26(37)50)17-2-1-3-18(4-17)20-7-27(51)38(28(52)8-20)44(41-33(57)13-23(47)14-34(41)58)42-35(59)15-24(48)16-36(42)60/h1-16,19H/q+1. The second kappa shape index (κ2) is 19.3. The van der Waals surface area contributed by atoms with Gasteiger partial charge in [0, 0.05) is 76.1 Å². The SMILES string of the molecule is ClC1=CC(c2cccc(C3=C[C+](Cl)C(=C(c4c(Cl)cc(Cl)cc4Cl)c4c(Cl)cc(Cl)cc4Cl)C(Cl)=C3)c2)C=C(Cl)C1=C(c1c(Cl)cc(Cl)cc1Cl)c1c(Cl)cc(Cl)cc1Cl. The summed E-state index contributed by atoms with van der Waals surface area (Å²) in [4.78, 5) is 0. The van der Waals surface area contributed by atoms with Crippen LogP contribution in [-0.2, 0) is 0 Å². The summed E-state index contributed by atoms with van der Waals surface area (Å²) in [5, 5.41) is 4.01. The highest BCUT2D eigenvalue weighted by Gasteiger charge is 2.37. The minimum absolute atomic E-state index is 0.211. The molecule has 5 aromatic rings. The summed E-state index contributed by atoms with van der Waals surface area (Å²) in [6, 6.07) is 20.0. The number of rotatable bonds is 6. The molecular formula is C44H17Cl16+. The molecule has 0 radical (unpaired) electrons. The highest BCUT2D eigenvalue weighted by molar-refractivity contribution is 6.48. The maximum Gasteiger partial charge on any atom is 0.143 e. The fraction of sp³-hybridized carbons (Fsp3) is 0.0227. The van der Waals surface area contributed by atoms with Crippen LogP contribution in [0.5, 0.6) is 0 Å². The van der Waals surface area contributed by atoms with Crippen LogP contribution in [0.25, 0.3) is 16.7 Å². The molecule has 0 amide bonds. The largest absolute Gasteiger partial charge is 0.143 e. The lowest BCUT2D eigenvalue weighted by Crippen LogP contribution is -2.07. The summed E-state index contributed by atoms with van der Waals surface area (Å²) in [5.41, 5.74) is 5.21. The fourth-order valence-corrected chi connectivity index (χ4v) is 12.3. The number of benzene rings is 5. The summed E-state index contributed by atoms with van der Waals surface area (Å²) in [7, 11) is 0. The Morgan fingerprint density at radius 2 is 0.800 bits per heavy atom. The summed E-state index contributed by atoms with van der Waals surface area (Å²) in [6.07, 6.45) is 7.19. The lowest BCUT2D eigenvalue weighted by molar-refractivity contribution is 1.05. The van der Waals surface area contributed by atoms with Crippen molar-refractivity contribution in [2.24, 2.45) is 0 Å². The minimum atomic E-state index is -0.407. The molecule has 304 valence electrons. The van der Waals surface area contributed by atoms with Crippen molar-refractivity contribution >= 4 is 202 Å². The Morgan fingerprint density at radius 3 is 1.17 bits per heavy atom. The fourth-order valence-electron chi connectivity index (χ4n) is 6.85. The van der Waals surface area contributed by atoms with E-state index in [0.29, 0.717) is 70.2 Å². The molecule has 0 bridgehead atoms. The van der Waals surface area contributed by atoms with E-state index in [4.69, 9.17) is 186 Å². The van der Waals surface area contributed by atoms with Crippen LogP contribution in [0.4, 0.5) is 0 Å². The molecule has 0 heterocycles. The Balaban J connectivity index is 1.33. The topological polar surface area (TPSA) is 0 Å². The Kier molecular flexibility index (Phi) is 15.1. The molecule has 0 nitrogen and oxygen atoms in total. The normalized spacial score (nSPS) is 15.5. The quantitative estimate of drug-likeness (QED) is 0.149. The van der Waals surface area contributed by atoms with Crippen LogP contribution >= 0.6 is 186 Å². The maximum absolute atomic E-state index is 7.16. The highest BCUT2D eigenvalue weighted by Crippen LogP contribution is 2.53. The van der Waals surface area contributed by atoms with E-state index in [2.05, 4.69) is 0 Å². The van der Waals surface area contributed by atoms with Crippen molar-refractivity contribution in [3.8, 4) is 0 Å². The second-order valence-corrected chi connectivity index (χ2v) is 19.7. The molecule has 7 rings (SSSR count). The first-order chi connectivity index (χ1) is 28.3. The molecule has 0 fully saturated rings. The third-order valence-electron chi connectivity index (χ3n) is 9.30. The van der Waals surface area contributed by atoms with Gasteiger partial charge in [-0.3, -0.25) is 0 Å². The molecule has 2 aliphatic rings. The molecule has 0 saturated carbocycles. The first-order valence-electron chi connectivity index (χ1n) is 16.9. The van der Waals surface area contributed by atoms with Crippen molar-refractivity contribution in [3.05, 3.63) is 222 Å². The van der Waals surface area contributed by atoms with E-state index in [0.717, 1.165) is 11.1 Å². The first kappa shape index (κ1) is 47.0. The van der Waals surface area contributed by atoms with E-state index in [9.17, 15) is 0 Å². The zero-order valence-electron chi connectivity index (χ0n) is 29.4. The van der Waals surface area contributed by atoms with Gasteiger partial charge in [-0.05, 0) is 89.4 Å². The minimum Gasteiger partial charge on any atom is -0.0842 e. The molecule has 16 heteroatoms. The molecule has 0 aromatic heterocycles. The van der Waals surface area contributed by atoms with E-state index < -0.39 is 5.92 Å². The van der Waals surface area contributed by atoms with Crippen molar-refractivity contribution in [1.82, 2.24) is 0 Å². The molecule has 0 spiro atoms. The molecule has 0 unspecified atom stereocenters. The average molecular weight is 1110 g/mol. The van der Waals surface area contributed by atoms with E-state index in [1.165, 1.54) is 0 Å². The van der Waals surface area contributed by atoms with Crippen LogP contribution in [0.3, 0.4) is 0 Å². The number of hydrogen-bond donors (Lipinski definition) is 0. The third kappa shape index (κ3) is 9.54. The van der Waals surface area contributed by atoms with Crippen molar-refractivity contribution in [2.45, 2.75) is 5.92 Å². The van der Waals surface area contributed by atoms with Gasteiger partial charge in [0.25, 0.3) is 0 Å². The van der Waals surface area contributed by atoms with E-state index in [-0.39, 0.29) is 60.7 Å². The van der Waals surface area contributed by atoms with Crippen molar-refractivity contribution < 1.29 is 0 Å². The van der Waals surface area contributed by atoms with Gasteiger partial charge in [-0.1, -0.05) is 187 Å². The molecular weight excluding hydrogens is 1100 g/mol. The number of allylic oxidation sites excluding steroid dienone is 10. The predicted molar refractivity (Wildman–Crippen MR) is 266 cm³/mol. The van der Waals surface area contributed by atoms with Gasteiger partial charge in [-0.15, -0.1) is 0 Å². The summed E-state index contributed by atoms with van der Waals surface area (Å²) < 4.78 is 0. The number of hydrogen-bond acceptors (Lipinski definition) is 0. The number of halogens is 16. The molecule has 0 atom stereocenters. The predicted octanol–water partition coefficient (Wildman–Crippen LogP) is 21.2. The molecule has 0 saturated heterocycles. The Labute approximate surface area is 425 Å². The van der Waals surface area contributed by atoms with E-state index in [1.54, 1.807) is 60.7 Å². The molecule has 5 aromatic carbocycles. The van der Waals surface area contributed by atoms with Crippen LogP contribution in [0.15, 0.2) is 123 Å². The van der Waals surface area contributed by atoms with Crippen LogP contribution in [0, 0.1) is 5.38 Å². The van der Waals surface area contributed by atoms with E-state index in [1.807, 2.05) is 36.4 Å². The molecule has 60 heavy (non-hydrogen) atoms. The smallest absolute Gasteiger partial charge is 0.0842 e. The highest BCUT2D eigenvalue weighted by atomic mass is 35.5. The zero-order chi connectivity index (χ0) is 43.5. The average Bonchev–Trinajstić information content (AvgIpc) is 3.12. The Bertz CT molecular complexity index is 2610. The van der Waals surface area contributed by atoms with Crippen LogP contribution in [0.2, 0.25) is 60.3 Å². The lowest BCUT2D eigenvalue weighted by Gasteiger charge is -2.24. The second-order valence-electron chi connectivity index (χ2n) is 13.1. The van der Waals surface area contributed by atoms with Gasteiger partial charge in [0.05, 0.1) is 62.5 Å². The zero-order valence-corrected chi connectivity index (χ0v) is 41.5. The Hall–Kier alpha value is -0.950. The van der Waals surface area contributed by atoms with Crippen LogP contribution < -0.4 is 0 Å². The summed E-state index contributed by atoms with van der Waals surface area (Å²) in [6.45, 7) is 0. The monoisotopic (exact) mass is 1100 g/mol. The van der Waals surface area contributed by atoms with Crippen molar-refractivity contribution in [1.29, 1.82) is 0 Å². The lowest BCUT2D eigenvalue weighted by atomic mass is 9.85. The van der Waals surface area contributed by atoms with Crippen LogP contribution in [0.1, 0.15) is 39.3 Å². The Morgan fingerprint density at radius 1 is 0.433 bits per heavy atom. The molecule has 2 aliphatic carbocycles. The molecule has 0 aliphatic heterocycles.